The van der Waals surface area contributed by atoms with Gasteiger partial charge in [0.25, 0.3) is 5.56 Å². The second kappa shape index (κ2) is 2.91. The van der Waals surface area contributed by atoms with Gasteiger partial charge in [-0.2, -0.15) is 0 Å². The molecule has 0 aliphatic carbocycles. The molecule has 1 aromatic rings. The summed E-state index contributed by atoms with van der Waals surface area (Å²) in [5.74, 6) is -0.171. The third kappa shape index (κ3) is 1.34. The van der Waals surface area contributed by atoms with Crippen molar-refractivity contribution in [3.8, 4) is 0 Å². The summed E-state index contributed by atoms with van der Waals surface area (Å²) in [6.07, 6.45) is 0.291. The summed E-state index contributed by atoms with van der Waals surface area (Å²) in [6, 6.07) is 0. The zero-order chi connectivity index (χ0) is 9.14. The molecule has 0 saturated heterocycles. The Hall–Kier alpha value is -2.05. The quantitative estimate of drug-likeness (QED) is 0.392. The topological polar surface area (TPSA) is 121 Å². The Labute approximate surface area is 65.6 Å². The van der Waals surface area contributed by atoms with Crippen LogP contribution < -0.4 is 22.3 Å². The monoisotopic (exact) mass is 170 g/mol. The van der Waals surface area contributed by atoms with Gasteiger partial charge in [0.1, 0.15) is 11.5 Å². The van der Waals surface area contributed by atoms with Crippen LogP contribution in [-0.4, -0.2) is 16.4 Å². The molecule has 0 aliphatic rings. The molecule has 1 aromatic heterocycles. The van der Waals surface area contributed by atoms with E-state index >= 15 is 0 Å². The van der Waals surface area contributed by atoms with Gasteiger partial charge < -0.3 is 11.1 Å². The smallest absolute Gasteiger partial charge is 0.327 e. The van der Waals surface area contributed by atoms with Crippen LogP contribution in [0.3, 0.4) is 0 Å². The predicted octanol–water partition coefficient (Wildman–Crippen LogP) is -1.79. The summed E-state index contributed by atoms with van der Waals surface area (Å²) in [6.45, 7) is 0. The van der Waals surface area contributed by atoms with Crippen molar-refractivity contribution in [2.75, 3.05) is 11.1 Å². The fourth-order valence-electron chi connectivity index (χ4n) is 0.706. The fraction of sp³-hybridized carbons (Fsp3) is 0. The average molecular weight is 170 g/mol. The van der Waals surface area contributed by atoms with Crippen molar-refractivity contribution < 1.29 is 4.79 Å². The van der Waals surface area contributed by atoms with Gasteiger partial charge in [-0.15, -0.1) is 0 Å². The van der Waals surface area contributed by atoms with Gasteiger partial charge in [-0.1, -0.05) is 0 Å². The van der Waals surface area contributed by atoms with Crippen molar-refractivity contribution >= 4 is 17.9 Å². The average Bonchev–Trinajstić information content (AvgIpc) is 1.96. The molecule has 1 heterocycles. The summed E-state index contributed by atoms with van der Waals surface area (Å²) < 4.78 is 0. The van der Waals surface area contributed by atoms with E-state index < -0.39 is 11.2 Å². The molecule has 0 aromatic carbocycles. The molecule has 64 valence electrons. The van der Waals surface area contributed by atoms with Crippen molar-refractivity contribution in [1.29, 1.82) is 0 Å². The Balaban J connectivity index is 3.38. The maximum Gasteiger partial charge on any atom is 0.327 e. The van der Waals surface area contributed by atoms with Crippen LogP contribution >= 0.6 is 0 Å². The van der Waals surface area contributed by atoms with E-state index in [1.807, 2.05) is 4.98 Å². The second-order valence-electron chi connectivity index (χ2n) is 1.96. The number of amides is 1. The maximum absolute atomic E-state index is 10.9. The third-order valence-corrected chi connectivity index (χ3v) is 1.17. The fourth-order valence-corrected chi connectivity index (χ4v) is 0.706. The van der Waals surface area contributed by atoms with Gasteiger partial charge in [0.2, 0.25) is 6.41 Å². The SMILES string of the molecule is Nc1[nH]c(=O)[nH]c(=O)c1NC=O. The number of nitrogens with one attached hydrogen (secondary N) is 3. The highest BCUT2D eigenvalue weighted by molar-refractivity contribution is 5.76. The molecular formula is C5H6N4O3. The molecule has 0 atom stereocenters. The largest absolute Gasteiger partial charge is 0.383 e. The number of aromatic amines is 2. The van der Waals surface area contributed by atoms with E-state index in [1.54, 1.807) is 0 Å². The van der Waals surface area contributed by atoms with Crippen molar-refractivity contribution in [2.24, 2.45) is 0 Å². The normalized spacial score (nSPS) is 9.33. The first-order valence-electron chi connectivity index (χ1n) is 2.97. The molecule has 7 heteroatoms. The van der Waals surface area contributed by atoms with E-state index in [0.717, 1.165) is 0 Å². The van der Waals surface area contributed by atoms with Gasteiger partial charge >= 0.3 is 5.69 Å². The van der Waals surface area contributed by atoms with E-state index in [0.29, 0.717) is 6.41 Å². The van der Waals surface area contributed by atoms with Gasteiger partial charge in [-0.25, -0.2) is 4.79 Å². The van der Waals surface area contributed by atoms with E-state index in [1.165, 1.54) is 0 Å². The number of H-pyrrole nitrogens is 2. The Morgan fingerprint density at radius 1 is 1.33 bits per heavy atom. The lowest BCUT2D eigenvalue weighted by Crippen LogP contribution is -2.26. The molecule has 0 bridgehead atoms. The Morgan fingerprint density at radius 2 is 2.00 bits per heavy atom. The van der Waals surface area contributed by atoms with E-state index in [9.17, 15) is 14.4 Å². The maximum atomic E-state index is 10.9. The zero-order valence-electron chi connectivity index (χ0n) is 5.88. The highest BCUT2D eigenvalue weighted by atomic mass is 16.2. The minimum absolute atomic E-state index is 0.162. The highest BCUT2D eigenvalue weighted by Gasteiger charge is 2.03. The number of hydrogen-bond donors (Lipinski definition) is 4. The van der Waals surface area contributed by atoms with Crippen LogP contribution in [0, 0.1) is 0 Å². The van der Waals surface area contributed by atoms with Crippen LogP contribution in [0.25, 0.3) is 0 Å². The Morgan fingerprint density at radius 3 is 2.50 bits per heavy atom. The molecule has 1 amide bonds. The molecular weight excluding hydrogens is 164 g/mol. The number of nitrogens with two attached hydrogens (primary N) is 1. The van der Waals surface area contributed by atoms with Crippen LogP contribution in [0.1, 0.15) is 0 Å². The van der Waals surface area contributed by atoms with Crippen LogP contribution in [0.15, 0.2) is 9.59 Å². The molecule has 7 nitrogen and oxygen atoms in total. The summed E-state index contributed by atoms with van der Waals surface area (Å²) in [5, 5.41) is 2.05. The van der Waals surface area contributed by atoms with E-state index in [4.69, 9.17) is 5.73 Å². The van der Waals surface area contributed by atoms with E-state index in [-0.39, 0.29) is 11.5 Å². The minimum Gasteiger partial charge on any atom is -0.383 e. The van der Waals surface area contributed by atoms with Crippen LogP contribution in [0.4, 0.5) is 11.5 Å². The first kappa shape index (κ1) is 8.05. The number of nitrogen functional groups attached to an aromatic ring is 1. The van der Waals surface area contributed by atoms with Crippen molar-refractivity contribution in [3.63, 3.8) is 0 Å². The molecule has 0 unspecified atom stereocenters. The van der Waals surface area contributed by atoms with Gasteiger partial charge in [0.15, 0.2) is 0 Å². The molecule has 0 spiro atoms. The lowest BCUT2D eigenvalue weighted by Gasteiger charge is -1.99. The molecule has 0 radical (unpaired) electrons. The second-order valence-corrected chi connectivity index (χ2v) is 1.96. The Kier molecular flexibility index (Phi) is 1.95. The minimum atomic E-state index is -0.733. The molecule has 5 N–H and O–H groups in total. The summed E-state index contributed by atoms with van der Waals surface area (Å²) in [4.78, 5) is 35.4. The zero-order valence-corrected chi connectivity index (χ0v) is 5.88. The van der Waals surface area contributed by atoms with Gasteiger partial charge in [-0.05, 0) is 0 Å². The standard InChI is InChI=1S/C5H6N4O3/c6-3-2(7-1-10)4(11)9-5(12)8-3/h1H,(H,7,10)(H4,6,8,9,11,12). The molecule has 0 aliphatic heterocycles. The van der Waals surface area contributed by atoms with Crippen LogP contribution in [0.2, 0.25) is 0 Å². The summed E-state index contributed by atoms with van der Waals surface area (Å²) in [5.41, 5.74) is 3.60. The number of rotatable bonds is 2. The van der Waals surface area contributed by atoms with Crippen molar-refractivity contribution in [2.45, 2.75) is 0 Å². The summed E-state index contributed by atoms with van der Waals surface area (Å²) >= 11 is 0. The molecule has 0 saturated carbocycles. The lowest BCUT2D eigenvalue weighted by molar-refractivity contribution is -0.105. The summed E-state index contributed by atoms with van der Waals surface area (Å²) in [7, 11) is 0. The highest BCUT2D eigenvalue weighted by Crippen LogP contribution is 2.02. The number of carbonyl (C=O) groups is 1. The van der Waals surface area contributed by atoms with Gasteiger partial charge in [0, 0.05) is 0 Å². The first-order chi connectivity index (χ1) is 5.65. The number of hydrogen-bond acceptors (Lipinski definition) is 4. The van der Waals surface area contributed by atoms with Crippen molar-refractivity contribution in [1.82, 2.24) is 9.97 Å². The van der Waals surface area contributed by atoms with Gasteiger partial charge in [-0.3, -0.25) is 19.6 Å². The van der Waals surface area contributed by atoms with Crippen LogP contribution in [-0.2, 0) is 4.79 Å². The van der Waals surface area contributed by atoms with Crippen molar-refractivity contribution in [3.05, 3.63) is 20.8 Å². The van der Waals surface area contributed by atoms with Crippen LogP contribution in [0.5, 0.6) is 0 Å². The number of anilines is 2. The first-order valence-corrected chi connectivity index (χ1v) is 2.97. The third-order valence-electron chi connectivity index (χ3n) is 1.17. The molecule has 0 fully saturated rings. The molecule has 1 rings (SSSR count). The number of aromatic nitrogens is 2. The van der Waals surface area contributed by atoms with E-state index in [2.05, 4.69) is 10.3 Å². The van der Waals surface area contributed by atoms with Gasteiger partial charge in [0.05, 0.1) is 0 Å². The molecule has 12 heavy (non-hydrogen) atoms. The predicted molar refractivity (Wildman–Crippen MR) is 41.8 cm³/mol. The number of carbonyl (C=O) groups excluding carboxylic acids is 1. The lowest BCUT2D eigenvalue weighted by atomic mass is 10.5. The Bertz CT molecular complexity index is 404.